The molecule has 2 aromatic rings. The van der Waals surface area contributed by atoms with E-state index in [2.05, 4.69) is 16.8 Å². The van der Waals surface area contributed by atoms with Crippen LogP contribution in [0.15, 0.2) is 55.1 Å². The molecule has 6 nitrogen and oxygen atoms in total. The fourth-order valence-corrected chi connectivity index (χ4v) is 3.56. The van der Waals surface area contributed by atoms with Gasteiger partial charge in [0.05, 0.1) is 13.2 Å². The third-order valence-corrected chi connectivity index (χ3v) is 5.09. The van der Waals surface area contributed by atoms with Crippen LogP contribution >= 0.6 is 0 Å². The van der Waals surface area contributed by atoms with E-state index in [9.17, 15) is 9.59 Å². The molecule has 1 fully saturated rings. The fourth-order valence-electron chi connectivity index (χ4n) is 3.56. The lowest BCUT2D eigenvalue weighted by molar-refractivity contribution is -0.116. The van der Waals surface area contributed by atoms with Crippen molar-refractivity contribution in [3.63, 3.8) is 0 Å². The number of carbonyl (C=O) groups is 2. The number of morpholine rings is 1. The number of nitrogens with one attached hydrogen (secondary N) is 1. The first kappa shape index (κ1) is 18.4. The second-order valence-electron chi connectivity index (χ2n) is 7.02. The molecule has 2 heterocycles. The fraction of sp³-hybridized carbons (Fsp3) is 0.273. The van der Waals surface area contributed by atoms with Gasteiger partial charge in [-0.15, -0.1) is 0 Å². The Balaban J connectivity index is 1.34. The zero-order valence-electron chi connectivity index (χ0n) is 15.7. The third kappa shape index (κ3) is 3.83. The number of nitrogens with zero attached hydrogens (tertiary/aromatic N) is 2. The number of fused-ring (bicyclic) bond motifs is 1. The number of rotatable bonds is 5. The third-order valence-electron chi connectivity index (χ3n) is 5.09. The number of hydrogen-bond donors (Lipinski definition) is 1. The van der Waals surface area contributed by atoms with Crippen molar-refractivity contribution in [3.05, 3.63) is 71.8 Å². The molecule has 6 heteroatoms. The molecule has 2 aromatic carbocycles. The smallest absolute Gasteiger partial charge is 0.259 e. The minimum Gasteiger partial charge on any atom is -0.379 e. The van der Waals surface area contributed by atoms with Gasteiger partial charge in [-0.2, -0.15) is 0 Å². The SMILES string of the molecule is C=C1c2ccccc2C(=O)N1CC(=O)Nc1ccc(CN2CCOCC2)cc1. The summed E-state index contributed by atoms with van der Waals surface area (Å²) < 4.78 is 5.37. The van der Waals surface area contributed by atoms with Crippen LogP contribution in [0.25, 0.3) is 5.70 Å². The Morgan fingerprint density at radius 1 is 1.04 bits per heavy atom. The molecule has 2 aliphatic rings. The van der Waals surface area contributed by atoms with Crippen LogP contribution in [0, 0.1) is 0 Å². The first-order valence-corrected chi connectivity index (χ1v) is 9.41. The average molecular weight is 377 g/mol. The summed E-state index contributed by atoms with van der Waals surface area (Å²) in [5.41, 5.74) is 3.85. The lowest BCUT2D eigenvalue weighted by Gasteiger charge is -2.26. The van der Waals surface area contributed by atoms with Crippen LogP contribution < -0.4 is 5.32 Å². The van der Waals surface area contributed by atoms with Crippen LogP contribution in [0.4, 0.5) is 5.69 Å². The van der Waals surface area contributed by atoms with Crippen LogP contribution in [0.2, 0.25) is 0 Å². The van der Waals surface area contributed by atoms with E-state index in [0.29, 0.717) is 16.9 Å². The Morgan fingerprint density at radius 2 is 1.71 bits per heavy atom. The summed E-state index contributed by atoms with van der Waals surface area (Å²) in [6.45, 7) is 8.22. The topological polar surface area (TPSA) is 61.9 Å². The van der Waals surface area contributed by atoms with Crippen LogP contribution in [-0.2, 0) is 16.1 Å². The molecule has 0 spiro atoms. The number of ether oxygens (including phenoxy) is 1. The molecule has 0 unspecified atom stereocenters. The molecule has 1 N–H and O–H groups in total. The van der Waals surface area contributed by atoms with Gasteiger partial charge in [-0.1, -0.05) is 36.9 Å². The summed E-state index contributed by atoms with van der Waals surface area (Å²) in [6.07, 6.45) is 0. The summed E-state index contributed by atoms with van der Waals surface area (Å²) in [6, 6.07) is 15.1. The van der Waals surface area contributed by atoms with Gasteiger partial charge in [0, 0.05) is 42.1 Å². The van der Waals surface area contributed by atoms with E-state index in [4.69, 9.17) is 4.74 Å². The van der Waals surface area contributed by atoms with Crippen LogP contribution in [0.5, 0.6) is 0 Å². The molecule has 28 heavy (non-hydrogen) atoms. The van der Waals surface area contributed by atoms with Gasteiger partial charge in [0.25, 0.3) is 5.91 Å². The van der Waals surface area contributed by atoms with E-state index in [1.165, 1.54) is 10.5 Å². The molecule has 0 atom stereocenters. The highest BCUT2D eigenvalue weighted by molar-refractivity contribution is 6.11. The highest BCUT2D eigenvalue weighted by Gasteiger charge is 2.31. The van der Waals surface area contributed by atoms with Crippen molar-refractivity contribution >= 4 is 23.2 Å². The van der Waals surface area contributed by atoms with Crippen molar-refractivity contribution < 1.29 is 14.3 Å². The van der Waals surface area contributed by atoms with E-state index in [-0.39, 0.29) is 18.4 Å². The average Bonchev–Trinajstić information content (AvgIpc) is 2.95. The molecular weight excluding hydrogens is 354 g/mol. The van der Waals surface area contributed by atoms with Gasteiger partial charge in [0.2, 0.25) is 5.91 Å². The summed E-state index contributed by atoms with van der Waals surface area (Å²) in [7, 11) is 0. The highest BCUT2D eigenvalue weighted by atomic mass is 16.5. The van der Waals surface area contributed by atoms with Gasteiger partial charge in [-0.05, 0) is 23.8 Å². The maximum Gasteiger partial charge on any atom is 0.259 e. The number of hydrogen-bond acceptors (Lipinski definition) is 4. The first-order chi connectivity index (χ1) is 13.6. The van der Waals surface area contributed by atoms with Crippen molar-refractivity contribution in [2.24, 2.45) is 0 Å². The lowest BCUT2D eigenvalue weighted by Crippen LogP contribution is -2.35. The number of amides is 2. The van der Waals surface area contributed by atoms with E-state index in [0.717, 1.165) is 38.4 Å². The maximum absolute atomic E-state index is 12.5. The quantitative estimate of drug-likeness (QED) is 0.870. The van der Waals surface area contributed by atoms with Gasteiger partial charge >= 0.3 is 0 Å². The second kappa shape index (κ2) is 7.96. The monoisotopic (exact) mass is 377 g/mol. The predicted octanol–water partition coefficient (Wildman–Crippen LogP) is 2.58. The number of carbonyl (C=O) groups excluding carboxylic acids is 2. The Morgan fingerprint density at radius 3 is 2.39 bits per heavy atom. The van der Waals surface area contributed by atoms with Crippen LogP contribution in [0.3, 0.4) is 0 Å². The molecular formula is C22H23N3O3. The van der Waals surface area contributed by atoms with Crippen molar-refractivity contribution in [1.82, 2.24) is 9.80 Å². The van der Waals surface area contributed by atoms with Crippen LogP contribution in [0.1, 0.15) is 21.5 Å². The molecule has 2 aliphatic heterocycles. The van der Waals surface area contributed by atoms with Crippen LogP contribution in [-0.4, -0.2) is 54.5 Å². The van der Waals surface area contributed by atoms with Crippen molar-refractivity contribution in [3.8, 4) is 0 Å². The van der Waals surface area contributed by atoms with E-state index in [1.54, 1.807) is 6.07 Å². The van der Waals surface area contributed by atoms with Gasteiger partial charge in [-0.3, -0.25) is 19.4 Å². The van der Waals surface area contributed by atoms with Gasteiger partial charge in [-0.25, -0.2) is 0 Å². The molecule has 2 amide bonds. The first-order valence-electron chi connectivity index (χ1n) is 9.41. The summed E-state index contributed by atoms with van der Waals surface area (Å²) in [5, 5.41) is 2.86. The molecule has 144 valence electrons. The molecule has 0 saturated carbocycles. The van der Waals surface area contributed by atoms with Gasteiger partial charge in [0.1, 0.15) is 6.54 Å². The normalized spacial score (nSPS) is 16.9. The maximum atomic E-state index is 12.5. The summed E-state index contributed by atoms with van der Waals surface area (Å²) >= 11 is 0. The zero-order valence-corrected chi connectivity index (χ0v) is 15.7. The predicted molar refractivity (Wildman–Crippen MR) is 108 cm³/mol. The van der Waals surface area contributed by atoms with Crippen molar-refractivity contribution in [1.29, 1.82) is 0 Å². The van der Waals surface area contributed by atoms with Crippen molar-refractivity contribution in [2.45, 2.75) is 6.54 Å². The standard InChI is InChI=1S/C22H23N3O3/c1-16-19-4-2-3-5-20(19)22(27)25(16)15-21(26)23-18-8-6-17(7-9-18)14-24-10-12-28-13-11-24/h2-9H,1,10-15H2,(H,23,26). The number of benzene rings is 2. The van der Waals surface area contributed by atoms with E-state index < -0.39 is 0 Å². The molecule has 4 rings (SSSR count). The summed E-state index contributed by atoms with van der Waals surface area (Å²) in [4.78, 5) is 28.7. The second-order valence-corrected chi connectivity index (χ2v) is 7.02. The molecule has 0 bridgehead atoms. The van der Waals surface area contributed by atoms with E-state index in [1.807, 2.05) is 42.5 Å². The zero-order chi connectivity index (χ0) is 19.5. The Labute approximate surface area is 164 Å². The minimum atomic E-state index is -0.247. The summed E-state index contributed by atoms with van der Waals surface area (Å²) in [5.74, 6) is -0.431. The molecule has 0 aliphatic carbocycles. The molecule has 0 aromatic heterocycles. The number of anilines is 1. The van der Waals surface area contributed by atoms with Gasteiger partial charge in [0.15, 0.2) is 0 Å². The largest absolute Gasteiger partial charge is 0.379 e. The minimum absolute atomic E-state index is 0.0537. The molecule has 0 radical (unpaired) electrons. The van der Waals surface area contributed by atoms with Crippen molar-refractivity contribution in [2.75, 3.05) is 38.2 Å². The van der Waals surface area contributed by atoms with E-state index >= 15 is 0 Å². The Kier molecular flexibility index (Phi) is 5.23. The lowest BCUT2D eigenvalue weighted by atomic mass is 10.1. The van der Waals surface area contributed by atoms with Gasteiger partial charge < -0.3 is 10.1 Å². The Hall–Kier alpha value is -2.96. The molecule has 1 saturated heterocycles. The highest BCUT2D eigenvalue weighted by Crippen LogP contribution is 2.30. The Bertz CT molecular complexity index is 866.